The van der Waals surface area contributed by atoms with Crippen molar-refractivity contribution < 1.29 is 23.9 Å². The Morgan fingerprint density at radius 3 is 2.55 bits per heavy atom. The van der Waals surface area contributed by atoms with E-state index >= 15 is 0 Å². The molecule has 0 aliphatic carbocycles. The molecular formula is C21H30IN3O6. The van der Waals surface area contributed by atoms with Crippen LogP contribution >= 0.6 is 22.6 Å². The molecule has 9 nitrogen and oxygen atoms in total. The Morgan fingerprint density at radius 1 is 1.26 bits per heavy atom. The summed E-state index contributed by atoms with van der Waals surface area (Å²) in [4.78, 5) is 25.4. The average molecular weight is 547 g/mol. The summed E-state index contributed by atoms with van der Waals surface area (Å²) in [5.74, 6) is 0. The van der Waals surface area contributed by atoms with Crippen LogP contribution < -0.4 is 10.2 Å². The molecule has 31 heavy (non-hydrogen) atoms. The summed E-state index contributed by atoms with van der Waals surface area (Å²) in [5.41, 5.74) is 0.120. The van der Waals surface area contributed by atoms with Crippen LogP contribution in [0.5, 0.6) is 0 Å². The number of amides is 1. The van der Waals surface area contributed by atoms with Gasteiger partial charge in [0.05, 0.1) is 16.7 Å². The summed E-state index contributed by atoms with van der Waals surface area (Å²) in [6.07, 6.45) is 4.20. The average Bonchev–Trinajstić information content (AvgIpc) is 2.69. The molecule has 2 saturated heterocycles. The Hall–Kier alpha value is -1.66. The molecule has 1 aromatic rings. The zero-order valence-electron chi connectivity index (χ0n) is 18.2. The van der Waals surface area contributed by atoms with Gasteiger partial charge in [0.15, 0.2) is 6.29 Å². The Labute approximate surface area is 196 Å². The molecule has 2 fully saturated rings. The maximum atomic E-state index is 12.2. The SMILES string of the molecule is CC(C)(C)OC(=O)Nc1cc(N2CCC(OC3CCCCO3)CC2)c(I)cc1[N+](=O)[O-]. The van der Waals surface area contributed by atoms with Gasteiger partial charge in [0.1, 0.15) is 11.3 Å². The van der Waals surface area contributed by atoms with Gasteiger partial charge in [0.25, 0.3) is 5.69 Å². The van der Waals surface area contributed by atoms with Gasteiger partial charge in [-0.3, -0.25) is 15.4 Å². The van der Waals surface area contributed by atoms with Crippen LogP contribution in [0, 0.1) is 13.7 Å². The predicted octanol–water partition coefficient (Wildman–Crippen LogP) is 5.06. The van der Waals surface area contributed by atoms with Gasteiger partial charge in [-0.05, 0) is 81.5 Å². The Balaban J connectivity index is 1.69. The van der Waals surface area contributed by atoms with Crippen molar-refractivity contribution in [2.45, 2.75) is 70.9 Å². The van der Waals surface area contributed by atoms with Crippen LogP contribution in [0.4, 0.5) is 21.9 Å². The zero-order chi connectivity index (χ0) is 22.6. The van der Waals surface area contributed by atoms with Gasteiger partial charge in [-0.1, -0.05) is 0 Å². The molecule has 10 heteroatoms. The van der Waals surface area contributed by atoms with Crippen LogP contribution in [0.25, 0.3) is 0 Å². The summed E-state index contributed by atoms with van der Waals surface area (Å²) in [5, 5.41) is 14.1. The van der Waals surface area contributed by atoms with E-state index < -0.39 is 16.6 Å². The van der Waals surface area contributed by atoms with Crippen molar-refractivity contribution in [3.63, 3.8) is 0 Å². The molecule has 1 unspecified atom stereocenters. The number of benzene rings is 1. The quantitative estimate of drug-likeness (QED) is 0.312. The minimum absolute atomic E-state index is 0.102. The van der Waals surface area contributed by atoms with Crippen LogP contribution in [-0.4, -0.2) is 48.7 Å². The van der Waals surface area contributed by atoms with Gasteiger partial charge in [0, 0.05) is 29.3 Å². The number of nitro groups is 1. The van der Waals surface area contributed by atoms with E-state index in [2.05, 4.69) is 32.8 Å². The standard InChI is InChI=1S/C21H30IN3O6/c1-21(2,3)31-20(26)23-16-13-17(15(22)12-18(16)25(27)28)24-9-7-14(8-10-24)30-19-6-4-5-11-29-19/h12-14,19H,4-11H2,1-3H3,(H,23,26). The molecule has 0 radical (unpaired) electrons. The van der Waals surface area contributed by atoms with Crippen LogP contribution in [0.1, 0.15) is 52.9 Å². The van der Waals surface area contributed by atoms with E-state index in [-0.39, 0.29) is 23.8 Å². The van der Waals surface area contributed by atoms with E-state index in [4.69, 9.17) is 14.2 Å². The van der Waals surface area contributed by atoms with E-state index in [1.807, 2.05) is 0 Å². The molecule has 1 aromatic carbocycles. The summed E-state index contributed by atoms with van der Waals surface area (Å²) >= 11 is 2.10. The molecule has 0 spiro atoms. The highest BCUT2D eigenvalue weighted by molar-refractivity contribution is 14.1. The molecule has 0 saturated carbocycles. The van der Waals surface area contributed by atoms with Gasteiger partial charge in [-0.15, -0.1) is 0 Å². The fourth-order valence-corrected chi connectivity index (χ4v) is 4.52. The van der Waals surface area contributed by atoms with Crippen molar-refractivity contribution in [2.75, 3.05) is 29.9 Å². The Morgan fingerprint density at radius 2 is 1.97 bits per heavy atom. The largest absolute Gasteiger partial charge is 0.444 e. The molecule has 1 N–H and O–H groups in total. The summed E-state index contributed by atoms with van der Waals surface area (Å²) in [7, 11) is 0. The van der Waals surface area contributed by atoms with Crippen molar-refractivity contribution in [2.24, 2.45) is 0 Å². The number of hydrogen-bond acceptors (Lipinski definition) is 7. The number of carbonyl (C=O) groups is 1. The van der Waals surface area contributed by atoms with Gasteiger partial charge in [-0.2, -0.15) is 0 Å². The zero-order valence-corrected chi connectivity index (χ0v) is 20.3. The number of nitro benzene ring substituents is 1. The maximum absolute atomic E-state index is 12.2. The lowest BCUT2D eigenvalue weighted by Gasteiger charge is -2.36. The van der Waals surface area contributed by atoms with E-state index in [0.717, 1.165) is 61.1 Å². The number of piperidine rings is 1. The first kappa shape index (κ1) is 24.0. The molecule has 1 atom stereocenters. The third-order valence-corrected chi connectivity index (χ3v) is 6.03. The highest BCUT2D eigenvalue weighted by Crippen LogP contribution is 2.36. The van der Waals surface area contributed by atoms with Gasteiger partial charge in [-0.25, -0.2) is 4.79 Å². The van der Waals surface area contributed by atoms with Crippen molar-refractivity contribution in [3.8, 4) is 0 Å². The Kier molecular flexibility index (Phi) is 7.98. The molecule has 0 bridgehead atoms. The summed E-state index contributed by atoms with van der Waals surface area (Å²) < 4.78 is 17.8. The van der Waals surface area contributed by atoms with Crippen molar-refractivity contribution in [1.82, 2.24) is 0 Å². The lowest BCUT2D eigenvalue weighted by molar-refractivity contribution is -0.384. The molecule has 1 amide bonds. The first-order chi connectivity index (χ1) is 14.6. The van der Waals surface area contributed by atoms with E-state index in [9.17, 15) is 14.9 Å². The number of hydrogen-bond donors (Lipinski definition) is 1. The van der Waals surface area contributed by atoms with E-state index in [1.54, 1.807) is 26.8 Å². The van der Waals surface area contributed by atoms with Gasteiger partial charge in [0.2, 0.25) is 0 Å². The van der Waals surface area contributed by atoms with Crippen molar-refractivity contribution in [3.05, 3.63) is 25.8 Å². The van der Waals surface area contributed by atoms with Gasteiger partial charge < -0.3 is 19.1 Å². The minimum atomic E-state index is -0.720. The number of rotatable bonds is 5. The number of anilines is 2. The van der Waals surface area contributed by atoms with Crippen molar-refractivity contribution >= 4 is 45.7 Å². The summed E-state index contributed by atoms with van der Waals surface area (Å²) in [6, 6.07) is 3.15. The lowest BCUT2D eigenvalue weighted by Crippen LogP contribution is -2.39. The molecule has 172 valence electrons. The second kappa shape index (κ2) is 10.3. The van der Waals surface area contributed by atoms with Crippen LogP contribution in [0.15, 0.2) is 12.1 Å². The fourth-order valence-electron chi connectivity index (χ4n) is 3.72. The molecule has 2 heterocycles. The number of ether oxygens (including phenoxy) is 3. The number of nitrogens with one attached hydrogen (secondary N) is 1. The second-order valence-corrected chi connectivity index (χ2v) is 9.99. The number of carbonyl (C=O) groups excluding carboxylic acids is 1. The predicted molar refractivity (Wildman–Crippen MR) is 126 cm³/mol. The first-order valence-corrected chi connectivity index (χ1v) is 11.7. The Bertz CT molecular complexity index is 799. The summed E-state index contributed by atoms with van der Waals surface area (Å²) in [6.45, 7) is 7.51. The lowest BCUT2D eigenvalue weighted by atomic mass is 10.1. The van der Waals surface area contributed by atoms with Crippen molar-refractivity contribution in [1.29, 1.82) is 0 Å². The molecule has 0 aromatic heterocycles. The number of halogens is 1. The third kappa shape index (κ3) is 6.91. The molecular weight excluding hydrogens is 517 g/mol. The molecule has 2 aliphatic rings. The van der Waals surface area contributed by atoms with Crippen LogP contribution in [0.3, 0.4) is 0 Å². The monoisotopic (exact) mass is 547 g/mol. The van der Waals surface area contributed by atoms with E-state index in [1.165, 1.54) is 6.07 Å². The second-order valence-electron chi connectivity index (χ2n) is 8.82. The minimum Gasteiger partial charge on any atom is -0.444 e. The maximum Gasteiger partial charge on any atom is 0.412 e. The fraction of sp³-hybridized carbons (Fsp3) is 0.667. The smallest absolute Gasteiger partial charge is 0.412 e. The van der Waals surface area contributed by atoms with Gasteiger partial charge >= 0.3 is 6.09 Å². The molecule has 3 rings (SSSR count). The van der Waals surface area contributed by atoms with E-state index in [0.29, 0.717) is 0 Å². The van der Waals surface area contributed by atoms with Crippen LogP contribution in [-0.2, 0) is 14.2 Å². The highest BCUT2D eigenvalue weighted by atomic mass is 127. The molecule has 2 aliphatic heterocycles. The first-order valence-electron chi connectivity index (χ1n) is 10.6. The topological polar surface area (TPSA) is 103 Å². The highest BCUT2D eigenvalue weighted by Gasteiger charge is 2.28. The number of nitrogens with zero attached hydrogens (tertiary/aromatic N) is 2. The normalized spacial score (nSPS) is 20.4. The van der Waals surface area contributed by atoms with Crippen LogP contribution in [0.2, 0.25) is 0 Å². The third-order valence-electron chi connectivity index (χ3n) is 5.16.